The van der Waals surface area contributed by atoms with E-state index in [1.165, 1.54) is 15.6 Å². The van der Waals surface area contributed by atoms with Crippen LogP contribution in [0.5, 0.6) is 0 Å². The highest BCUT2D eigenvalue weighted by Crippen LogP contribution is 2.30. The van der Waals surface area contributed by atoms with Crippen molar-refractivity contribution in [1.29, 1.82) is 0 Å². The summed E-state index contributed by atoms with van der Waals surface area (Å²) in [5.74, 6) is 0.267. The van der Waals surface area contributed by atoms with Crippen LogP contribution < -0.4 is 0 Å². The zero-order valence-corrected chi connectivity index (χ0v) is 15.2. The van der Waals surface area contributed by atoms with Gasteiger partial charge >= 0.3 is 0 Å². The Morgan fingerprint density at radius 3 is 2.68 bits per heavy atom. The number of nitrogens with zero attached hydrogens (tertiary/aromatic N) is 2. The van der Waals surface area contributed by atoms with Crippen LogP contribution in [-0.2, 0) is 14.8 Å². The smallest absolute Gasteiger partial charge is 0.253 e. The second-order valence-corrected chi connectivity index (χ2v) is 9.66. The van der Waals surface area contributed by atoms with Crippen LogP contribution in [0.1, 0.15) is 31.6 Å². The van der Waals surface area contributed by atoms with Crippen LogP contribution in [-0.4, -0.2) is 49.7 Å². The molecule has 22 heavy (non-hydrogen) atoms. The molecule has 0 N–H and O–H groups in total. The van der Waals surface area contributed by atoms with E-state index in [9.17, 15) is 13.2 Å². The molecule has 7 heteroatoms. The van der Waals surface area contributed by atoms with Gasteiger partial charge in [0.2, 0.25) is 5.91 Å². The highest BCUT2D eigenvalue weighted by molar-refractivity contribution is 7.91. The zero-order chi connectivity index (χ0) is 16.5. The summed E-state index contributed by atoms with van der Waals surface area (Å²) in [6.07, 6.45) is 1.33. The van der Waals surface area contributed by atoms with Crippen LogP contribution in [0.4, 0.5) is 0 Å². The van der Waals surface area contributed by atoms with Gasteiger partial charge in [-0.25, -0.2) is 8.42 Å². The minimum Gasteiger partial charge on any atom is -0.344 e. The second-order valence-electron chi connectivity index (χ2n) is 6.25. The maximum absolute atomic E-state index is 12.8. The highest BCUT2D eigenvalue weighted by Gasteiger charge is 2.41. The molecule has 0 spiro atoms. The van der Waals surface area contributed by atoms with E-state index in [0.717, 1.165) is 11.3 Å². The van der Waals surface area contributed by atoms with Crippen LogP contribution in [0.2, 0.25) is 0 Å². The Bertz CT molecular complexity index is 637. The Balaban J connectivity index is 2.22. The number of carbonyl (C=O) groups is 1. The van der Waals surface area contributed by atoms with Gasteiger partial charge in [-0.15, -0.1) is 11.3 Å². The summed E-state index contributed by atoms with van der Waals surface area (Å²) >= 11 is 1.26. The van der Waals surface area contributed by atoms with E-state index >= 15 is 0 Å². The number of carbonyl (C=O) groups excluding carboxylic acids is 1. The molecule has 1 aliphatic rings. The number of hydrogen-bond donors (Lipinski definition) is 0. The molecule has 2 heterocycles. The molecular formula is C15H24N2O3S2. The minimum atomic E-state index is -3.57. The number of thiophene rings is 1. The lowest BCUT2D eigenvalue weighted by Gasteiger charge is -2.28. The zero-order valence-electron chi connectivity index (χ0n) is 13.6. The molecule has 1 aliphatic heterocycles. The molecule has 1 amide bonds. The van der Waals surface area contributed by atoms with E-state index in [4.69, 9.17) is 0 Å². The van der Waals surface area contributed by atoms with Crippen molar-refractivity contribution in [2.75, 3.05) is 20.1 Å². The average Bonchev–Trinajstić information content (AvgIpc) is 3.05. The summed E-state index contributed by atoms with van der Waals surface area (Å²) in [6.45, 7) is 7.03. The lowest BCUT2D eigenvalue weighted by atomic mass is 10.1. The van der Waals surface area contributed by atoms with Gasteiger partial charge in [0.15, 0.2) is 0 Å². The van der Waals surface area contributed by atoms with E-state index in [1.54, 1.807) is 24.1 Å². The van der Waals surface area contributed by atoms with Crippen LogP contribution >= 0.6 is 11.3 Å². The third-order valence-corrected chi connectivity index (χ3v) is 7.16. The van der Waals surface area contributed by atoms with Gasteiger partial charge in [0.05, 0.1) is 0 Å². The average molecular weight is 345 g/mol. The van der Waals surface area contributed by atoms with Gasteiger partial charge in [0.25, 0.3) is 10.0 Å². The van der Waals surface area contributed by atoms with E-state index in [2.05, 4.69) is 0 Å². The molecule has 1 atom stereocenters. The van der Waals surface area contributed by atoms with Crippen molar-refractivity contribution in [3.05, 3.63) is 17.0 Å². The predicted molar refractivity (Wildman–Crippen MR) is 88.4 cm³/mol. The summed E-state index contributed by atoms with van der Waals surface area (Å²) in [7, 11) is -1.82. The quantitative estimate of drug-likeness (QED) is 0.824. The number of rotatable bonds is 5. The first-order chi connectivity index (χ1) is 10.2. The maximum Gasteiger partial charge on any atom is 0.253 e. The molecule has 1 aromatic heterocycles. The summed E-state index contributed by atoms with van der Waals surface area (Å²) in [5, 5.41) is 0. The third kappa shape index (κ3) is 3.52. The number of likely N-dealkylation sites (N-methyl/N-ethyl adjacent to an activating group) is 1. The molecule has 1 saturated heterocycles. The van der Waals surface area contributed by atoms with Crippen molar-refractivity contribution in [2.24, 2.45) is 5.92 Å². The summed E-state index contributed by atoms with van der Waals surface area (Å²) in [5.41, 5.74) is 0. The topological polar surface area (TPSA) is 57.7 Å². The van der Waals surface area contributed by atoms with Gasteiger partial charge in [-0.1, -0.05) is 13.8 Å². The van der Waals surface area contributed by atoms with Crippen molar-refractivity contribution in [2.45, 2.75) is 43.9 Å². The fourth-order valence-corrected chi connectivity index (χ4v) is 5.90. The van der Waals surface area contributed by atoms with E-state index in [1.807, 2.05) is 20.8 Å². The number of aryl methyl sites for hydroxylation is 1. The van der Waals surface area contributed by atoms with Gasteiger partial charge < -0.3 is 4.90 Å². The molecule has 0 aromatic carbocycles. The van der Waals surface area contributed by atoms with Crippen molar-refractivity contribution >= 4 is 27.3 Å². The van der Waals surface area contributed by atoms with Crippen LogP contribution in [0.15, 0.2) is 16.3 Å². The predicted octanol–water partition coefficient (Wildman–Crippen LogP) is 2.32. The van der Waals surface area contributed by atoms with Crippen LogP contribution in [0, 0.1) is 12.8 Å². The Hall–Kier alpha value is -0.920. The summed E-state index contributed by atoms with van der Waals surface area (Å²) < 4.78 is 27.3. The van der Waals surface area contributed by atoms with Crippen molar-refractivity contribution in [3.8, 4) is 0 Å². The van der Waals surface area contributed by atoms with Crippen LogP contribution in [0.3, 0.4) is 0 Å². The van der Waals surface area contributed by atoms with Gasteiger partial charge in [-0.05, 0) is 37.8 Å². The molecule has 5 nitrogen and oxygen atoms in total. The normalized spacial score (nSPS) is 19.8. The first-order valence-electron chi connectivity index (χ1n) is 7.56. The standard InChI is InChI=1S/C15H24N2O3S2/c1-11(2)10-16(4)15(18)13-6-5-9-17(13)22(19,20)14-8-7-12(3)21-14/h7-8,11,13H,5-6,9-10H2,1-4H3. The van der Waals surface area contributed by atoms with Crippen molar-refractivity contribution < 1.29 is 13.2 Å². The second kappa shape index (κ2) is 6.68. The Labute approximate surface area is 137 Å². The molecule has 0 aliphatic carbocycles. The summed E-state index contributed by atoms with van der Waals surface area (Å²) in [6, 6.07) is 2.87. The fourth-order valence-electron chi connectivity index (χ4n) is 2.83. The van der Waals surface area contributed by atoms with Gasteiger partial charge in [0.1, 0.15) is 10.3 Å². The van der Waals surface area contributed by atoms with Crippen molar-refractivity contribution in [1.82, 2.24) is 9.21 Å². The molecular weight excluding hydrogens is 320 g/mol. The Kier molecular flexibility index (Phi) is 5.29. The third-order valence-electron chi connectivity index (χ3n) is 3.78. The van der Waals surface area contributed by atoms with Crippen LogP contribution in [0.25, 0.3) is 0 Å². The fraction of sp³-hybridized carbons (Fsp3) is 0.667. The molecule has 0 saturated carbocycles. The first-order valence-corrected chi connectivity index (χ1v) is 9.82. The van der Waals surface area contributed by atoms with Gasteiger partial charge in [0, 0.05) is 25.0 Å². The van der Waals surface area contributed by atoms with E-state index in [0.29, 0.717) is 29.6 Å². The largest absolute Gasteiger partial charge is 0.344 e. The molecule has 1 fully saturated rings. The number of amides is 1. The molecule has 1 aromatic rings. The molecule has 2 rings (SSSR count). The van der Waals surface area contributed by atoms with E-state index in [-0.39, 0.29) is 5.91 Å². The van der Waals surface area contributed by atoms with Crippen molar-refractivity contribution in [3.63, 3.8) is 0 Å². The number of sulfonamides is 1. The lowest BCUT2D eigenvalue weighted by molar-refractivity contribution is -0.133. The minimum absolute atomic E-state index is 0.0944. The first kappa shape index (κ1) is 17.4. The SMILES string of the molecule is Cc1ccc(S(=O)(=O)N2CCCC2C(=O)N(C)CC(C)C)s1. The summed E-state index contributed by atoms with van der Waals surface area (Å²) in [4.78, 5) is 15.2. The van der Waals surface area contributed by atoms with Gasteiger partial charge in [-0.3, -0.25) is 4.79 Å². The monoisotopic (exact) mass is 344 g/mol. The molecule has 0 bridgehead atoms. The number of hydrogen-bond acceptors (Lipinski definition) is 4. The lowest BCUT2D eigenvalue weighted by Crippen LogP contribution is -2.47. The molecule has 0 radical (unpaired) electrons. The maximum atomic E-state index is 12.8. The highest BCUT2D eigenvalue weighted by atomic mass is 32.2. The van der Waals surface area contributed by atoms with E-state index < -0.39 is 16.1 Å². The molecule has 1 unspecified atom stereocenters. The molecule has 124 valence electrons. The van der Waals surface area contributed by atoms with Gasteiger partial charge in [-0.2, -0.15) is 4.31 Å². The Morgan fingerprint density at radius 2 is 2.14 bits per heavy atom. The Morgan fingerprint density at radius 1 is 1.45 bits per heavy atom.